The van der Waals surface area contributed by atoms with Crippen molar-refractivity contribution in [3.63, 3.8) is 0 Å². The number of carbonyl (C=O) groups is 1. The minimum Gasteiger partial charge on any atom is -0.486 e. The van der Waals surface area contributed by atoms with Gasteiger partial charge in [0, 0.05) is 38.6 Å². The highest BCUT2D eigenvalue weighted by Gasteiger charge is 2.46. The number of rotatable bonds is 10. The van der Waals surface area contributed by atoms with Crippen LogP contribution in [0.2, 0.25) is 0 Å². The largest absolute Gasteiger partial charge is 0.486 e. The van der Waals surface area contributed by atoms with Crippen molar-refractivity contribution in [2.24, 2.45) is 0 Å². The van der Waals surface area contributed by atoms with Gasteiger partial charge in [0.05, 0.1) is 12.1 Å². The van der Waals surface area contributed by atoms with Gasteiger partial charge in [-0.1, -0.05) is 36.4 Å². The van der Waals surface area contributed by atoms with Crippen LogP contribution in [0.5, 0.6) is 23.0 Å². The maximum atomic E-state index is 15.1. The van der Waals surface area contributed by atoms with Crippen molar-refractivity contribution in [1.29, 1.82) is 0 Å². The minimum absolute atomic E-state index is 0.219. The molecule has 4 atom stereocenters. The van der Waals surface area contributed by atoms with Crippen LogP contribution >= 0.6 is 0 Å². The molecule has 0 aliphatic carbocycles. The van der Waals surface area contributed by atoms with E-state index < -0.39 is 24.3 Å². The van der Waals surface area contributed by atoms with Crippen LogP contribution in [0.4, 0.5) is 16.2 Å². The smallest absolute Gasteiger partial charge is 0.321 e. The molecule has 262 valence electrons. The Balaban J connectivity index is 1.30. The van der Waals surface area contributed by atoms with Gasteiger partial charge in [-0.05, 0) is 83.6 Å². The SMILES string of the molecule is CNc1cccc(CN2C(=O)N(Cc3cccc(NC)c3)[C@H](Cc3ccc4c(c3)OCCO4)[C@H](O)[C@@H](O)[C@H]2Cc2ccc3c(c2)OCCO3)c1. The van der Waals surface area contributed by atoms with Crippen molar-refractivity contribution < 1.29 is 34.0 Å². The summed E-state index contributed by atoms with van der Waals surface area (Å²) in [4.78, 5) is 18.6. The van der Waals surface area contributed by atoms with Crippen molar-refractivity contribution in [1.82, 2.24) is 9.80 Å². The van der Waals surface area contributed by atoms with E-state index in [4.69, 9.17) is 18.9 Å². The summed E-state index contributed by atoms with van der Waals surface area (Å²) < 4.78 is 23.2. The second-order valence-corrected chi connectivity index (χ2v) is 12.9. The average Bonchev–Trinajstić information content (AvgIpc) is 3.21. The Hall–Kier alpha value is -5.13. The Morgan fingerprint density at radius 2 is 1.00 bits per heavy atom. The van der Waals surface area contributed by atoms with E-state index in [-0.39, 0.29) is 32.0 Å². The molecule has 0 radical (unpaired) electrons. The highest BCUT2D eigenvalue weighted by molar-refractivity contribution is 5.76. The van der Waals surface area contributed by atoms with E-state index in [0.29, 0.717) is 49.4 Å². The predicted molar refractivity (Wildman–Crippen MR) is 190 cm³/mol. The number of carbonyl (C=O) groups excluding carboxylic acids is 1. The number of ether oxygens (including phenoxy) is 4. The van der Waals surface area contributed by atoms with Crippen LogP contribution in [0, 0.1) is 0 Å². The molecule has 3 aliphatic rings. The number of hydrogen-bond acceptors (Lipinski definition) is 9. The van der Waals surface area contributed by atoms with Gasteiger partial charge in [0.1, 0.15) is 38.6 Å². The average molecular weight is 681 g/mol. The second-order valence-electron chi connectivity index (χ2n) is 12.9. The number of hydrogen-bond donors (Lipinski definition) is 4. The van der Waals surface area contributed by atoms with E-state index in [1.54, 1.807) is 9.80 Å². The molecule has 4 aromatic rings. The van der Waals surface area contributed by atoms with Crippen LogP contribution < -0.4 is 29.6 Å². The van der Waals surface area contributed by atoms with Crippen molar-refractivity contribution in [2.45, 2.75) is 50.2 Å². The standard InChI is InChI=1S/C39H44N4O7/c1-40-29-7-3-5-27(17-29)23-42-31(19-25-9-11-33-35(21-25)49-15-13-47-33)37(44)38(45)32(20-26-10-12-34-36(22-26)50-16-14-48-34)43(39(42)46)24-28-6-4-8-30(18-28)41-2/h3-12,17-18,21-22,31-32,37-38,40-41,44-45H,13-16,19-20,23-24H2,1-2H3/t31-,32-,37+,38+/m1/s1. The zero-order valence-corrected chi connectivity index (χ0v) is 28.4. The van der Waals surface area contributed by atoms with Crippen LogP contribution in [-0.2, 0) is 25.9 Å². The van der Waals surface area contributed by atoms with Crippen molar-refractivity contribution in [3.8, 4) is 23.0 Å². The van der Waals surface area contributed by atoms with Crippen molar-refractivity contribution in [2.75, 3.05) is 51.2 Å². The highest BCUT2D eigenvalue weighted by Crippen LogP contribution is 2.36. The van der Waals surface area contributed by atoms with Gasteiger partial charge < -0.3 is 49.6 Å². The predicted octanol–water partition coefficient (Wildman–Crippen LogP) is 4.69. The first kappa shape index (κ1) is 33.4. The first-order chi connectivity index (χ1) is 24.4. The van der Waals surface area contributed by atoms with E-state index in [1.807, 2.05) is 99.0 Å². The fourth-order valence-electron chi connectivity index (χ4n) is 7.06. The third-order valence-corrected chi connectivity index (χ3v) is 9.67. The molecule has 50 heavy (non-hydrogen) atoms. The lowest BCUT2D eigenvalue weighted by molar-refractivity contribution is -0.0408. The molecule has 3 aliphatic heterocycles. The second kappa shape index (κ2) is 14.8. The molecular formula is C39H44N4O7. The molecule has 0 spiro atoms. The van der Waals surface area contributed by atoms with Crippen molar-refractivity contribution in [3.05, 3.63) is 107 Å². The first-order valence-electron chi connectivity index (χ1n) is 17.1. The molecule has 4 aromatic carbocycles. The van der Waals surface area contributed by atoms with Gasteiger partial charge in [-0.15, -0.1) is 0 Å². The number of anilines is 2. The zero-order chi connectivity index (χ0) is 34.6. The molecular weight excluding hydrogens is 636 g/mol. The third-order valence-electron chi connectivity index (χ3n) is 9.67. The summed E-state index contributed by atoms with van der Waals surface area (Å²) in [5, 5.41) is 30.8. The Morgan fingerprint density at radius 1 is 0.580 bits per heavy atom. The summed E-state index contributed by atoms with van der Waals surface area (Å²) >= 11 is 0. The minimum atomic E-state index is -1.28. The lowest BCUT2D eigenvalue weighted by Crippen LogP contribution is -2.50. The van der Waals surface area contributed by atoms with Gasteiger partial charge in [0.25, 0.3) is 0 Å². The fraction of sp³-hybridized carbons (Fsp3) is 0.359. The number of fused-ring (bicyclic) bond motifs is 2. The van der Waals surface area contributed by atoms with E-state index in [2.05, 4.69) is 10.6 Å². The normalized spacial score (nSPS) is 21.4. The number of amides is 2. The Morgan fingerprint density at radius 3 is 1.42 bits per heavy atom. The van der Waals surface area contributed by atoms with Gasteiger partial charge in [-0.2, -0.15) is 0 Å². The molecule has 1 fully saturated rings. The third kappa shape index (κ3) is 7.10. The fourth-order valence-corrected chi connectivity index (χ4v) is 7.06. The molecule has 11 heteroatoms. The van der Waals surface area contributed by atoms with Gasteiger partial charge in [-0.25, -0.2) is 4.79 Å². The van der Waals surface area contributed by atoms with Crippen LogP contribution in [-0.4, -0.2) is 90.9 Å². The van der Waals surface area contributed by atoms with Crippen LogP contribution in [0.1, 0.15) is 22.3 Å². The van der Waals surface area contributed by atoms with E-state index in [9.17, 15) is 10.2 Å². The van der Waals surface area contributed by atoms with Gasteiger partial charge in [0.15, 0.2) is 23.0 Å². The number of nitrogens with one attached hydrogen (secondary N) is 2. The molecule has 11 nitrogen and oxygen atoms in total. The Kier molecular flexibility index (Phi) is 9.86. The molecule has 0 saturated carbocycles. The summed E-state index contributed by atoms with van der Waals surface area (Å²) in [5.41, 5.74) is 5.30. The maximum Gasteiger partial charge on any atom is 0.321 e. The molecule has 4 N–H and O–H groups in total. The lowest BCUT2D eigenvalue weighted by atomic mass is 9.90. The number of aliphatic hydroxyl groups excluding tert-OH is 2. The van der Waals surface area contributed by atoms with Gasteiger partial charge in [0.2, 0.25) is 0 Å². The molecule has 7 rings (SSSR count). The molecule has 0 unspecified atom stereocenters. The topological polar surface area (TPSA) is 125 Å². The summed E-state index contributed by atoms with van der Waals surface area (Å²) in [5.74, 6) is 2.57. The van der Waals surface area contributed by atoms with Crippen LogP contribution in [0.15, 0.2) is 84.9 Å². The molecule has 0 aromatic heterocycles. The van der Waals surface area contributed by atoms with Gasteiger partial charge in [-0.3, -0.25) is 0 Å². The number of urea groups is 1. The molecule has 0 bridgehead atoms. The summed E-state index contributed by atoms with van der Waals surface area (Å²) in [6.07, 6.45) is -2.00. The summed E-state index contributed by atoms with van der Waals surface area (Å²) in [6.45, 7) is 2.28. The number of benzene rings is 4. The number of aliphatic hydroxyl groups is 2. The maximum absolute atomic E-state index is 15.1. The first-order valence-corrected chi connectivity index (χ1v) is 17.1. The molecule has 3 heterocycles. The quantitative estimate of drug-likeness (QED) is 0.189. The van der Waals surface area contributed by atoms with E-state index in [1.165, 1.54) is 0 Å². The molecule has 1 saturated heterocycles. The van der Waals surface area contributed by atoms with Crippen LogP contribution in [0.3, 0.4) is 0 Å². The summed E-state index contributed by atoms with van der Waals surface area (Å²) in [7, 11) is 3.70. The van der Waals surface area contributed by atoms with E-state index in [0.717, 1.165) is 33.6 Å². The van der Waals surface area contributed by atoms with E-state index >= 15 is 4.79 Å². The highest BCUT2D eigenvalue weighted by atomic mass is 16.6. The monoisotopic (exact) mass is 680 g/mol. The van der Waals surface area contributed by atoms with Crippen LogP contribution in [0.25, 0.3) is 0 Å². The zero-order valence-electron chi connectivity index (χ0n) is 28.4. The Bertz CT molecular complexity index is 1690. The van der Waals surface area contributed by atoms with Gasteiger partial charge >= 0.3 is 6.03 Å². The summed E-state index contributed by atoms with van der Waals surface area (Å²) in [6, 6.07) is 25.3. The molecule has 2 amide bonds. The number of nitrogens with zero attached hydrogens (tertiary/aromatic N) is 2. The Labute approximate surface area is 292 Å². The van der Waals surface area contributed by atoms with Crippen molar-refractivity contribution >= 4 is 17.4 Å². The lowest BCUT2D eigenvalue weighted by Gasteiger charge is -2.36.